The van der Waals surface area contributed by atoms with E-state index >= 15 is 0 Å². The molecule has 1 saturated heterocycles. The van der Waals surface area contributed by atoms with Crippen LogP contribution in [0.3, 0.4) is 0 Å². The summed E-state index contributed by atoms with van der Waals surface area (Å²) in [4.78, 5) is 14.8. The van der Waals surface area contributed by atoms with Crippen molar-refractivity contribution in [2.45, 2.75) is 45.1 Å². The average Bonchev–Trinajstić information content (AvgIpc) is 2.85. The average molecular weight is 322 g/mol. The van der Waals surface area contributed by atoms with E-state index in [4.69, 9.17) is 0 Å². The van der Waals surface area contributed by atoms with Crippen LogP contribution in [0.15, 0.2) is 22.7 Å². The van der Waals surface area contributed by atoms with Crippen molar-refractivity contribution in [3.63, 3.8) is 0 Å². The van der Waals surface area contributed by atoms with E-state index in [2.05, 4.69) is 20.8 Å². The molecule has 3 rings (SSSR count). The Morgan fingerprint density at radius 2 is 2.05 bits per heavy atom. The SMILES string of the molecule is Cc1ccc(C(=O)N2CCC3CCCCC32)cc1Br. The van der Waals surface area contributed by atoms with Gasteiger partial charge in [0.2, 0.25) is 0 Å². The van der Waals surface area contributed by atoms with E-state index in [1.54, 1.807) is 0 Å². The summed E-state index contributed by atoms with van der Waals surface area (Å²) in [5.74, 6) is 0.974. The van der Waals surface area contributed by atoms with E-state index < -0.39 is 0 Å². The minimum absolute atomic E-state index is 0.218. The molecule has 3 heteroatoms. The van der Waals surface area contributed by atoms with E-state index in [0.717, 1.165) is 22.5 Å². The Labute approximate surface area is 123 Å². The molecule has 2 atom stereocenters. The van der Waals surface area contributed by atoms with Crippen LogP contribution < -0.4 is 0 Å². The predicted octanol–water partition coefficient (Wildman–Crippen LogP) is 4.16. The summed E-state index contributed by atoms with van der Waals surface area (Å²) < 4.78 is 1.03. The maximum atomic E-state index is 12.7. The number of benzene rings is 1. The first kappa shape index (κ1) is 13.2. The zero-order valence-electron chi connectivity index (χ0n) is 11.4. The highest BCUT2D eigenvalue weighted by Crippen LogP contribution is 2.37. The Hall–Kier alpha value is -0.830. The zero-order chi connectivity index (χ0) is 13.4. The van der Waals surface area contributed by atoms with Crippen LogP contribution in [0.2, 0.25) is 0 Å². The smallest absolute Gasteiger partial charge is 0.254 e. The molecule has 1 heterocycles. The van der Waals surface area contributed by atoms with Gasteiger partial charge in [0.05, 0.1) is 0 Å². The largest absolute Gasteiger partial charge is 0.335 e. The zero-order valence-corrected chi connectivity index (χ0v) is 12.9. The molecule has 2 nitrogen and oxygen atoms in total. The Morgan fingerprint density at radius 1 is 1.26 bits per heavy atom. The van der Waals surface area contributed by atoms with E-state index in [9.17, 15) is 4.79 Å². The van der Waals surface area contributed by atoms with E-state index in [1.807, 2.05) is 25.1 Å². The van der Waals surface area contributed by atoms with Gasteiger partial charge in [-0.3, -0.25) is 4.79 Å². The van der Waals surface area contributed by atoms with Gasteiger partial charge in [0.25, 0.3) is 5.91 Å². The van der Waals surface area contributed by atoms with Crippen molar-refractivity contribution < 1.29 is 4.79 Å². The number of nitrogens with zero attached hydrogens (tertiary/aromatic N) is 1. The normalized spacial score (nSPS) is 26.3. The number of carbonyl (C=O) groups excluding carboxylic acids is 1. The third-order valence-corrected chi connectivity index (χ3v) is 5.54. The molecular formula is C16H20BrNO. The highest BCUT2D eigenvalue weighted by Gasteiger charge is 2.38. The molecule has 1 aliphatic carbocycles. The fourth-order valence-corrected chi connectivity index (χ4v) is 3.93. The lowest BCUT2D eigenvalue weighted by atomic mass is 9.85. The van der Waals surface area contributed by atoms with Crippen molar-refractivity contribution in [2.75, 3.05) is 6.54 Å². The van der Waals surface area contributed by atoms with E-state index in [0.29, 0.717) is 6.04 Å². The van der Waals surface area contributed by atoms with Crippen LogP contribution in [0.25, 0.3) is 0 Å². The second-order valence-electron chi connectivity index (χ2n) is 5.86. The molecule has 0 aromatic heterocycles. The number of fused-ring (bicyclic) bond motifs is 1. The van der Waals surface area contributed by atoms with Crippen molar-refractivity contribution in [3.8, 4) is 0 Å². The number of carbonyl (C=O) groups is 1. The Kier molecular flexibility index (Phi) is 3.66. The van der Waals surface area contributed by atoms with Crippen molar-refractivity contribution in [3.05, 3.63) is 33.8 Å². The fraction of sp³-hybridized carbons (Fsp3) is 0.562. The summed E-state index contributed by atoms with van der Waals surface area (Å²) >= 11 is 3.52. The summed E-state index contributed by atoms with van der Waals surface area (Å²) in [6.45, 7) is 2.99. The van der Waals surface area contributed by atoms with Gasteiger partial charge in [-0.25, -0.2) is 0 Å². The highest BCUT2D eigenvalue weighted by molar-refractivity contribution is 9.10. The van der Waals surface area contributed by atoms with Crippen LogP contribution >= 0.6 is 15.9 Å². The summed E-state index contributed by atoms with van der Waals surface area (Å²) in [7, 11) is 0. The molecule has 0 spiro atoms. The van der Waals surface area contributed by atoms with Gasteiger partial charge in [-0.1, -0.05) is 34.8 Å². The Balaban J connectivity index is 1.81. The maximum Gasteiger partial charge on any atom is 0.254 e. The molecule has 1 aromatic rings. The number of aryl methyl sites for hydroxylation is 1. The third kappa shape index (κ3) is 2.45. The first-order chi connectivity index (χ1) is 9.16. The van der Waals surface area contributed by atoms with Crippen LogP contribution in [-0.2, 0) is 0 Å². The lowest BCUT2D eigenvalue weighted by Crippen LogP contribution is -2.39. The minimum atomic E-state index is 0.218. The molecule has 0 radical (unpaired) electrons. The Bertz CT molecular complexity index is 500. The van der Waals surface area contributed by atoms with Crippen molar-refractivity contribution in [1.29, 1.82) is 0 Å². The first-order valence-electron chi connectivity index (χ1n) is 7.24. The van der Waals surface area contributed by atoms with Crippen molar-refractivity contribution in [1.82, 2.24) is 4.90 Å². The monoisotopic (exact) mass is 321 g/mol. The number of hydrogen-bond acceptors (Lipinski definition) is 1. The standard InChI is InChI=1S/C16H20BrNO/c1-11-6-7-13(10-14(11)17)16(19)18-9-8-12-4-2-3-5-15(12)18/h6-7,10,12,15H,2-5,8-9H2,1H3. The number of amides is 1. The fourth-order valence-electron chi connectivity index (χ4n) is 3.55. The highest BCUT2D eigenvalue weighted by atomic mass is 79.9. The molecule has 19 heavy (non-hydrogen) atoms. The van der Waals surface area contributed by atoms with Gasteiger partial charge in [0, 0.05) is 22.6 Å². The molecule has 2 aliphatic rings. The second-order valence-corrected chi connectivity index (χ2v) is 6.72. The summed E-state index contributed by atoms with van der Waals surface area (Å²) in [5, 5.41) is 0. The van der Waals surface area contributed by atoms with Gasteiger partial charge >= 0.3 is 0 Å². The molecule has 2 unspecified atom stereocenters. The molecule has 1 aromatic carbocycles. The van der Waals surface area contributed by atoms with Gasteiger partial charge < -0.3 is 4.90 Å². The lowest BCUT2D eigenvalue weighted by molar-refractivity contribution is 0.0690. The van der Waals surface area contributed by atoms with Gasteiger partial charge in [0.1, 0.15) is 0 Å². The molecule has 0 bridgehead atoms. The van der Waals surface area contributed by atoms with E-state index in [-0.39, 0.29) is 5.91 Å². The third-order valence-electron chi connectivity index (χ3n) is 4.69. The Morgan fingerprint density at radius 3 is 2.84 bits per heavy atom. The minimum Gasteiger partial charge on any atom is -0.335 e. The van der Waals surface area contributed by atoms with Crippen LogP contribution in [0, 0.1) is 12.8 Å². The maximum absolute atomic E-state index is 12.7. The van der Waals surface area contributed by atoms with Crippen LogP contribution in [-0.4, -0.2) is 23.4 Å². The molecule has 2 fully saturated rings. The van der Waals surface area contributed by atoms with Gasteiger partial charge in [-0.15, -0.1) is 0 Å². The number of rotatable bonds is 1. The summed E-state index contributed by atoms with van der Waals surface area (Å²) in [5.41, 5.74) is 2.00. The molecule has 0 N–H and O–H groups in total. The lowest BCUT2D eigenvalue weighted by Gasteiger charge is -2.31. The topological polar surface area (TPSA) is 20.3 Å². The molecule has 1 amide bonds. The van der Waals surface area contributed by atoms with Crippen molar-refractivity contribution in [2.24, 2.45) is 5.92 Å². The number of halogens is 1. The van der Waals surface area contributed by atoms with Crippen LogP contribution in [0.1, 0.15) is 48.0 Å². The molecule has 1 aliphatic heterocycles. The predicted molar refractivity (Wildman–Crippen MR) is 80.3 cm³/mol. The summed E-state index contributed by atoms with van der Waals surface area (Å²) in [6, 6.07) is 6.44. The second kappa shape index (κ2) is 5.28. The van der Waals surface area contributed by atoms with E-state index in [1.165, 1.54) is 37.7 Å². The first-order valence-corrected chi connectivity index (χ1v) is 8.03. The van der Waals surface area contributed by atoms with Crippen LogP contribution in [0.4, 0.5) is 0 Å². The quantitative estimate of drug-likeness (QED) is 0.760. The number of hydrogen-bond donors (Lipinski definition) is 0. The molecule has 102 valence electrons. The number of likely N-dealkylation sites (tertiary alicyclic amines) is 1. The van der Waals surface area contributed by atoms with Crippen LogP contribution in [0.5, 0.6) is 0 Å². The van der Waals surface area contributed by atoms with Gasteiger partial charge in [-0.05, 0) is 49.8 Å². The molecule has 1 saturated carbocycles. The van der Waals surface area contributed by atoms with Gasteiger partial charge in [0.15, 0.2) is 0 Å². The van der Waals surface area contributed by atoms with Crippen molar-refractivity contribution >= 4 is 21.8 Å². The summed E-state index contributed by atoms with van der Waals surface area (Å²) in [6.07, 6.45) is 6.33. The molecular weight excluding hydrogens is 302 g/mol. The van der Waals surface area contributed by atoms with Gasteiger partial charge in [-0.2, -0.15) is 0 Å².